The first-order valence-corrected chi connectivity index (χ1v) is 5.28. The molecule has 1 saturated heterocycles. The zero-order valence-electron chi connectivity index (χ0n) is 6.52. The Bertz CT molecular complexity index is 397. The fourth-order valence-corrected chi connectivity index (χ4v) is 1.76. The molecule has 0 aromatic carbocycles. The molecule has 1 heterocycles. The van der Waals surface area contributed by atoms with E-state index >= 15 is 0 Å². The van der Waals surface area contributed by atoms with Gasteiger partial charge in [-0.05, 0) is 0 Å². The van der Waals surface area contributed by atoms with E-state index in [0.717, 1.165) is 6.26 Å². The SMILES string of the molecule is CS(=O)(=O)N1CC(=C=O)N(Cl)C1=O. The Hall–Kier alpha value is -1.04. The molecular formula is C5H5ClN2O4S. The van der Waals surface area contributed by atoms with E-state index in [9.17, 15) is 18.0 Å². The van der Waals surface area contributed by atoms with Crippen molar-refractivity contribution in [1.29, 1.82) is 0 Å². The van der Waals surface area contributed by atoms with Crippen LogP contribution in [0.1, 0.15) is 0 Å². The Balaban J connectivity index is 3.11. The van der Waals surface area contributed by atoms with E-state index in [1.54, 1.807) is 0 Å². The third-order valence-electron chi connectivity index (χ3n) is 1.43. The number of carbonyl (C=O) groups is 1. The summed E-state index contributed by atoms with van der Waals surface area (Å²) in [7, 11) is -3.67. The number of halogens is 1. The van der Waals surface area contributed by atoms with Gasteiger partial charge in [-0.15, -0.1) is 0 Å². The van der Waals surface area contributed by atoms with Gasteiger partial charge < -0.3 is 0 Å². The second-order valence-electron chi connectivity index (χ2n) is 2.38. The molecule has 0 atom stereocenters. The molecule has 6 nitrogen and oxygen atoms in total. The molecule has 0 spiro atoms. The van der Waals surface area contributed by atoms with Gasteiger partial charge in [0.15, 0.2) is 0 Å². The Labute approximate surface area is 79.5 Å². The Morgan fingerprint density at radius 3 is 2.31 bits per heavy atom. The van der Waals surface area contributed by atoms with Crippen LogP contribution in [-0.2, 0) is 14.8 Å². The van der Waals surface area contributed by atoms with Crippen LogP contribution < -0.4 is 0 Å². The van der Waals surface area contributed by atoms with Gasteiger partial charge in [-0.1, -0.05) is 0 Å². The van der Waals surface area contributed by atoms with Gasteiger partial charge in [0, 0.05) is 11.8 Å². The maximum Gasteiger partial charge on any atom is 0.353 e. The highest BCUT2D eigenvalue weighted by molar-refractivity contribution is 7.88. The Morgan fingerprint density at radius 2 is 2.08 bits per heavy atom. The average molecular weight is 225 g/mol. The number of carbonyl (C=O) groups excluding carboxylic acids is 2. The van der Waals surface area contributed by atoms with E-state index in [4.69, 9.17) is 11.8 Å². The molecule has 0 bridgehead atoms. The van der Waals surface area contributed by atoms with Crippen LogP contribution in [0.5, 0.6) is 0 Å². The lowest BCUT2D eigenvalue weighted by molar-refractivity contribution is 0.226. The second-order valence-corrected chi connectivity index (χ2v) is 4.63. The van der Waals surface area contributed by atoms with Crippen LogP contribution in [0.15, 0.2) is 5.70 Å². The van der Waals surface area contributed by atoms with E-state index in [2.05, 4.69) is 0 Å². The number of nitrogens with zero attached hydrogens (tertiary/aromatic N) is 2. The summed E-state index contributed by atoms with van der Waals surface area (Å²) in [5.74, 6) is 1.38. The summed E-state index contributed by atoms with van der Waals surface area (Å²) in [6.07, 6.45) is 0.851. The number of urea groups is 1. The minimum Gasteiger partial charge on any atom is -0.245 e. The highest BCUT2D eigenvalue weighted by Crippen LogP contribution is 2.21. The number of amides is 2. The first kappa shape index (κ1) is 10.0. The lowest BCUT2D eigenvalue weighted by Gasteiger charge is -2.09. The third-order valence-corrected chi connectivity index (χ3v) is 2.86. The summed E-state index contributed by atoms with van der Waals surface area (Å²) >= 11 is 5.31. The van der Waals surface area contributed by atoms with Crippen LogP contribution in [0, 0.1) is 0 Å². The maximum atomic E-state index is 11.1. The zero-order chi connectivity index (χ0) is 10.2. The number of rotatable bonds is 1. The summed E-state index contributed by atoms with van der Waals surface area (Å²) in [5, 5.41) is 0. The zero-order valence-corrected chi connectivity index (χ0v) is 8.09. The van der Waals surface area contributed by atoms with Gasteiger partial charge in [-0.25, -0.2) is 22.3 Å². The third kappa shape index (κ3) is 1.67. The quantitative estimate of drug-likeness (QED) is 0.447. The minimum atomic E-state index is -3.67. The summed E-state index contributed by atoms with van der Waals surface area (Å²) < 4.78 is 22.8. The molecule has 0 N–H and O–H groups in total. The van der Waals surface area contributed by atoms with E-state index in [1.165, 1.54) is 5.94 Å². The summed E-state index contributed by atoms with van der Waals surface area (Å²) in [5.41, 5.74) is -0.211. The largest absolute Gasteiger partial charge is 0.353 e. The standard InChI is InChI=1S/C5H5ClN2O4S/c1-13(11,12)7-2-4(3-9)8(6)5(7)10/h2H2,1H3. The van der Waals surface area contributed by atoms with Crippen molar-refractivity contribution in [3.05, 3.63) is 5.70 Å². The molecule has 0 radical (unpaired) electrons. The maximum absolute atomic E-state index is 11.1. The molecule has 0 unspecified atom stereocenters. The summed E-state index contributed by atoms with van der Waals surface area (Å²) in [6.45, 7) is -0.356. The van der Waals surface area contributed by atoms with Crippen molar-refractivity contribution in [2.24, 2.45) is 0 Å². The lowest BCUT2D eigenvalue weighted by atomic mass is 10.5. The van der Waals surface area contributed by atoms with Gasteiger partial charge >= 0.3 is 6.03 Å². The van der Waals surface area contributed by atoms with Gasteiger partial charge in [0.25, 0.3) is 0 Å². The fourth-order valence-electron chi connectivity index (χ4n) is 0.811. The van der Waals surface area contributed by atoms with Crippen LogP contribution in [0.2, 0.25) is 0 Å². The average Bonchev–Trinajstić information content (AvgIpc) is 2.28. The van der Waals surface area contributed by atoms with E-state index in [0.29, 0.717) is 8.72 Å². The smallest absolute Gasteiger partial charge is 0.245 e. The molecule has 1 fully saturated rings. The molecule has 72 valence electrons. The Morgan fingerprint density at radius 1 is 1.54 bits per heavy atom. The summed E-state index contributed by atoms with van der Waals surface area (Å²) in [4.78, 5) is 21.2. The molecule has 2 amide bonds. The van der Waals surface area contributed by atoms with Crippen molar-refractivity contribution in [2.45, 2.75) is 0 Å². The Kier molecular flexibility index (Phi) is 2.34. The molecule has 0 aromatic heterocycles. The molecule has 0 saturated carbocycles. The van der Waals surface area contributed by atoms with Crippen molar-refractivity contribution in [3.8, 4) is 0 Å². The van der Waals surface area contributed by atoms with Gasteiger partial charge in [0.1, 0.15) is 11.6 Å². The van der Waals surface area contributed by atoms with Crippen molar-refractivity contribution < 1.29 is 18.0 Å². The predicted octanol–water partition coefficient (Wildman–Crippen LogP) is -0.447. The summed E-state index contributed by atoms with van der Waals surface area (Å²) in [6, 6.07) is -0.956. The molecule has 1 rings (SSSR count). The van der Waals surface area contributed by atoms with Crippen LogP contribution in [0.3, 0.4) is 0 Å². The highest BCUT2D eigenvalue weighted by Gasteiger charge is 2.38. The van der Waals surface area contributed by atoms with Crippen molar-refractivity contribution in [3.63, 3.8) is 0 Å². The van der Waals surface area contributed by atoms with Gasteiger partial charge in [-0.3, -0.25) is 0 Å². The van der Waals surface area contributed by atoms with Crippen LogP contribution in [0.4, 0.5) is 4.79 Å². The van der Waals surface area contributed by atoms with Gasteiger partial charge in [0.05, 0.1) is 12.8 Å². The highest BCUT2D eigenvalue weighted by atomic mass is 35.5. The molecule has 8 heteroatoms. The topological polar surface area (TPSA) is 74.8 Å². The van der Waals surface area contributed by atoms with Crippen molar-refractivity contribution >= 4 is 33.8 Å². The number of hydrogen-bond acceptors (Lipinski definition) is 4. The minimum absolute atomic E-state index is 0.211. The first-order chi connectivity index (χ1) is 5.88. The molecule has 13 heavy (non-hydrogen) atoms. The van der Waals surface area contributed by atoms with Gasteiger partial charge in [-0.2, -0.15) is 4.42 Å². The van der Waals surface area contributed by atoms with Crippen LogP contribution in [-0.4, -0.2) is 41.9 Å². The van der Waals surface area contributed by atoms with E-state index in [-0.39, 0.29) is 12.2 Å². The van der Waals surface area contributed by atoms with Crippen molar-refractivity contribution in [1.82, 2.24) is 8.72 Å². The first-order valence-electron chi connectivity index (χ1n) is 3.09. The monoisotopic (exact) mass is 224 g/mol. The second kappa shape index (κ2) is 3.02. The number of sulfonamides is 1. The molecule has 1 aliphatic rings. The molecule has 0 aromatic rings. The van der Waals surface area contributed by atoms with Crippen LogP contribution >= 0.6 is 11.8 Å². The normalized spacial score (nSPS) is 18.0. The fraction of sp³-hybridized carbons (Fsp3) is 0.400. The van der Waals surface area contributed by atoms with Crippen molar-refractivity contribution in [2.75, 3.05) is 12.8 Å². The molecule has 0 aliphatic carbocycles. The lowest BCUT2D eigenvalue weighted by Crippen LogP contribution is -2.32. The van der Waals surface area contributed by atoms with E-state index < -0.39 is 16.1 Å². The van der Waals surface area contributed by atoms with Crippen LogP contribution in [0.25, 0.3) is 0 Å². The molecular weight excluding hydrogens is 220 g/mol. The molecule has 1 aliphatic heterocycles. The predicted molar refractivity (Wildman–Crippen MR) is 43.8 cm³/mol. The van der Waals surface area contributed by atoms with Gasteiger partial charge in [0.2, 0.25) is 10.0 Å². The number of hydrogen-bond donors (Lipinski definition) is 0. The van der Waals surface area contributed by atoms with E-state index in [1.807, 2.05) is 0 Å².